The summed E-state index contributed by atoms with van der Waals surface area (Å²) in [6.45, 7) is 0. The molecule has 1 aromatic heterocycles. The summed E-state index contributed by atoms with van der Waals surface area (Å²) in [5, 5.41) is 0. The number of aromatic nitrogens is 1. The Kier molecular flexibility index (Phi) is 4.46. The zero-order valence-corrected chi connectivity index (χ0v) is 9.13. The topological polar surface area (TPSA) is 39.2 Å². The van der Waals surface area contributed by atoms with Crippen molar-refractivity contribution in [3.05, 3.63) is 24.0 Å². The summed E-state index contributed by atoms with van der Waals surface area (Å²) >= 11 is 1.66. The molecule has 0 saturated heterocycles. The third-order valence-electron chi connectivity index (χ3n) is 1.80. The summed E-state index contributed by atoms with van der Waals surface area (Å²) in [6.07, 6.45) is 5.70. The quantitative estimate of drug-likeness (QED) is 0.698. The fraction of sp³-hybridized carbons (Fsp3) is 0.400. The average Bonchev–Trinajstić information content (AvgIpc) is 2.26. The Balaban J connectivity index is 2.69. The van der Waals surface area contributed by atoms with E-state index in [1.165, 1.54) is 0 Å². The van der Waals surface area contributed by atoms with E-state index in [-0.39, 0.29) is 5.78 Å². The van der Waals surface area contributed by atoms with E-state index in [0.29, 0.717) is 17.7 Å². The summed E-state index contributed by atoms with van der Waals surface area (Å²) in [7, 11) is 1.56. The standard InChI is InChI=1S/C10H13NO2S/c1-13-9-5-8(6-11-7-9)10(12)3-4-14-2/h5-7H,3-4H2,1-2H3. The highest BCUT2D eigenvalue weighted by Gasteiger charge is 2.06. The van der Waals surface area contributed by atoms with Crippen LogP contribution in [-0.4, -0.2) is 29.9 Å². The molecule has 0 radical (unpaired) electrons. The molecule has 0 saturated carbocycles. The van der Waals surface area contributed by atoms with Crippen molar-refractivity contribution in [3.63, 3.8) is 0 Å². The molecular weight excluding hydrogens is 198 g/mol. The molecule has 0 aliphatic carbocycles. The van der Waals surface area contributed by atoms with E-state index in [9.17, 15) is 4.79 Å². The first kappa shape index (κ1) is 11.0. The van der Waals surface area contributed by atoms with Crippen LogP contribution in [0, 0.1) is 0 Å². The molecule has 0 fully saturated rings. The van der Waals surface area contributed by atoms with Gasteiger partial charge in [-0.15, -0.1) is 0 Å². The number of hydrogen-bond acceptors (Lipinski definition) is 4. The van der Waals surface area contributed by atoms with Crippen molar-refractivity contribution < 1.29 is 9.53 Å². The number of carbonyl (C=O) groups is 1. The van der Waals surface area contributed by atoms with Crippen molar-refractivity contribution >= 4 is 17.5 Å². The van der Waals surface area contributed by atoms with Gasteiger partial charge in [0.15, 0.2) is 5.78 Å². The highest BCUT2D eigenvalue weighted by atomic mass is 32.2. The molecule has 0 bridgehead atoms. The van der Waals surface area contributed by atoms with Gasteiger partial charge in [-0.2, -0.15) is 11.8 Å². The number of ketones is 1. The van der Waals surface area contributed by atoms with E-state index in [1.54, 1.807) is 37.3 Å². The third kappa shape index (κ3) is 3.03. The molecule has 0 aliphatic rings. The van der Waals surface area contributed by atoms with Gasteiger partial charge < -0.3 is 4.74 Å². The lowest BCUT2D eigenvalue weighted by atomic mass is 10.1. The number of Topliss-reactive ketones (excluding diaryl/α,β-unsaturated/α-hetero) is 1. The van der Waals surface area contributed by atoms with Crippen molar-refractivity contribution in [3.8, 4) is 5.75 Å². The van der Waals surface area contributed by atoms with Gasteiger partial charge in [-0.05, 0) is 12.3 Å². The smallest absolute Gasteiger partial charge is 0.165 e. The Morgan fingerprint density at radius 2 is 2.36 bits per heavy atom. The molecule has 14 heavy (non-hydrogen) atoms. The Morgan fingerprint density at radius 3 is 3.00 bits per heavy atom. The maximum Gasteiger partial charge on any atom is 0.165 e. The number of nitrogens with zero attached hydrogens (tertiary/aromatic N) is 1. The first-order chi connectivity index (χ1) is 6.77. The van der Waals surface area contributed by atoms with E-state index in [0.717, 1.165) is 5.75 Å². The molecule has 0 atom stereocenters. The number of rotatable bonds is 5. The van der Waals surface area contributed by atoms with E-state index >= 15 is 0 Å². The number of carbonyl (C=O) groups excluding carboxylic acids is 1. The van der Waals surface area contributed by atoms with Gasteiger partial charge in [0.05, 0.1) is 13.3 Å². The van der Waals surface area contributed by atoms with Gasteiger partial charge in [0.1, 0.15) is 5.75 Å². The van der Waals surface area contributed by atoms with Crippen LogP contribution < -0.4 is 4.74 Å². The number of ether oxygens (including phenoxy) is 1. The Morgan fingerprint density at radius 1 is 1.57 bits per heavy atom. The second kappa shape index (κ2) is 5.65. The van der Waals surface area contributed by atoms with Gasteiger partial charge in [-0.25, -0.2) is 0 Å². The first-order valence-electron chi connectivity index (χ1n) is 4.29. The number of hydrogen-bond donors (Lipinski definition) is 0. The van der Waals surface area contributed by atoms with Crippen molar-refractivity contribution in [1.29, 1.82) is 0 Å². The lowest BCUT2D eigenvalue weighted by Crippen LogP contribution is -2.01. The zero-order chi connectivity index (χ0) is 10.4. The van der Waals surface area contributed by atoms with Crippen molar-refractivity contribution in [2.45, 2.75) is 6.42 Å². The molecule has 0 unspecified atom stereocenters. The lowest BCUT2D eigenvalue weighted by molar-refractivity contribution is 0.0989. The van der Waals surface area contributed by atoms with Crippen LogP contribution in [0.15, 0.2) is 18.5 Å². The molecule has 1 aromatic rings. The highest BCUT2D eigenvalue weighted by molar-refractivity contribution is 7.98. The molecule has 0 aromatic carbocycles. The van der Waals surface area contributed by atoms with E-state index in [2.05, 4.69) is 4.98 Å². The van der Waals surface area contributed by atoms with E-state index in [4.69, 9.17) is 4.74 Å². The van der Waals surface area contributed by atoms with Crippen LogP contribution in [0.25, 0.3) is 0 Å². The molecule has 3 nitrogen and oxygen atoms in total. The molecular formula is C10H13NO2S. The molecule has 1 rings (SSSR count). The minimum atomic E-state index is 0.116. The molecule has 0 aliphatic heterocycles. The summed E-state index contributed by atoms with van der Waals surface area (Å²) in [4.78, 5) is 15.5. The normalized spacial score (nSPS) is 9.86. The van der Waals surface area contributed by atoms with Crippen LogP contribution in [0.2, 0.25) is 0 Å². The number of methoxy groups -OCH3 is 1. The van der Waals surface area contributed by atoms with Crippen LogP contribution >= 0.6 is 11.8 Å². The summed E-state index contributed by atoms with van der Waals surface area (Å²) in [5.74, 6) is 1.58. The predicted octanol–water partition coefficient (Wildman–Crippen LogP) is 2.03. The fourth-order valence-electron chi connectivity index (χ4n) is 1.02. The summed E-state index contributed by atoms with van der Waals surface area (Å²) in [6, 6.07) is 1.72. The van der Waals surface area contributed by atoms with Crippen LogP contribution in [0.3, 0.4) is 0 Å². The van der Waals surface area contributed by atoms with Gasteiger partial charge in [0.2, 0.25) is 0 Å². The van der Waals surface area contributed by atoms with Gasteiger partial charge in [0.25, 0.3) is 0 Å². The average molecular weight is 211 g/mol. The zero-order valence-electron chi connectivity index (χ0n) is 8.32. The van der Waals surface area contributed by atoms with Crippen LogP contribution in [0.1, 0.15) is 16.8 Å². The molecule has 4 heteroatoms. The number of thioether (sulfide) groups is 1. The lowest BCUT2D eigenvalue weighted by Gasteiger charge is -2.02. The van der Waals surface area contributed by atoms with Crippen LogP contribution in [0.4, 0.5) is 0 Å². The van der Waals surface area contributed by atoms with Crippen molar-refractivity contribution in [1.82, 2.24) is 4.98 Å². The number of pyridine rings is 1. The fourth-order valence-corrected chi connectivity index (χ4v) is 1.41. The minimum Gasteiger partial charge on any atom is -0.495 e. The Labute approximate surface area is 87.9 Å². The minimum absolute atomic E-state index is 0.116. The van der Waals surface area contributed by atoms with Gasteiger partial charge in [-0.3, -0.25) is 9.78 Å². The van der Waals surface area contributed by atoms with Gasteiger partial charge in [0, 0.05) is 23.9 Å². The highest BCUT2D eigenvalue weighted by Crippen LogP contribution is 2.12. The van der Waals surface area contributed by atoms with Gasteiger partial charge in [-0.1, -0.05) is 0 Å². The SMILES string of the molecule is COc1cncc(C(=O)CCSC)c1. The molecule has 0 N–H and O–H groups in total. The largest absolute Gasteiger partial charge is 0.495 e. The molecule has 0 spiro atoms. The molecule has 76 valence electrons. The van der Waals surface area contributed by atoms with E-state index in [1.807, 2.05) is 6.26 Å². The second-order valence-corrected chi connectivity index (χ2v) is 3.77. The Hall–Kier alpha value is -1.03. The summed E-state index contributed by atoms with van der Waals surface area (Å²) in [5.41, 5.74) is 0.624. The van der Waals surface area contributed by atoms with E-state index < -0.39 is 0 Å². The monoisotopic (exact) mass is 211 g/mol. The molecule has 1 heterocycles. The maximum absolute atomic E-state index is 11.6. The predicted molar refractivity (Wildman–Crippen MR) is 58.1 cm³/mol. The Bertz CT molecular complexity index is 315. The van der Waals surface area contributed by atoms with Crippen molar-refractivity contribution in [2.24, 2.45) is 0 Å². The summed E-state index contributed by atoms with van der Waals surface area (Å²) < 4.78 is 4.99. The van der Waals surface area contributed by atoms with Crippen LogP contribution in [-0.2, 0) is 0 Å². The first-order valence-corrected chi connectivity index (χ1v) is 5.68. The van der Waals surface area contributed by atoms with Crippen molar-refractivity contribution in [2.75, 3.05) is 19.1 Å². The molecule has 0 amide bonds. The van der Waals surface area contributed by atoms with Gasteiger partial charge >= 0.3 is 0 Å². The second-order valence-electron chi connectivity index (χ2n) is 2.78. The van der Waals surface area contributed by atoms with Crippen LogP contribution in [0.5, 0.6) is 5.75 Å². The maximum atomic E-state index is 11.6. The third-order valence-corrected chi connectivity index (χ3v) is 2.42.